The molecule has 4 heteroatoms. The molecule has 1 aromatic heterocycles. The van der Waals surface area contributed by atoms with Crippen LogP contribution in [0.5, 0.6) is 0 Å². The number of hydrogen-bond acceptors (Lipinski definition) is 3. The summed E-state index contributed by atoms with van der Waals surface area (Å²) in [7, 11) is 0. The standard InChI is InChI=1S/C9H17N3O/c1-6(5-13)4-12-8(3)9(10)7(2)11-12/h6,13H,4-5,10H2,1-3H3. The van der Waals surface area contributed by atoms with E-state index < -0.39 is 0 Å². The van der Waals surface area contributed by atoms with Crippen LogP contribution >= 0.6 is 0 Å². The number of aromatic nitrogens is 2. The molecule has 0 radical (unpaired) electrons. The van der Waals surface area contributed by atoms with E-state index in [4.69, 9.17) is 10.8 Å². The Hall–Kier alpha value is -1.03. The van der Waals surface area contributed by atoms with Crippen LogP contribution in [0.1, 0.15) is 18.3 Å². The van der Waals surface area contributed by atoms with Crippen LogP contribution in [0, 0.1) is 19.8 Å². The second-order valence-corrected chi connectivity index (χ2v) is 3.55. The van der Waals surface area contributed by atoms with Gasteiger partial charge in [0.05, 0.1) is 17.1 Å². The predicted molar refractivity (Wildman–Crippen MR) is 52.4 cm³/mol. The minimum atomic E-state index is 0.179. The van der Waals surface area contributed by atoms with E-state index in [1.165, 1.54) is 0 Å². The topological polar surface area (TPSA) is 64.1 Å². The summed E-state index contributed by atoms with van der Waals surface area (Å²) >= 11 is 0. The predicted octanol–water partition coefficient (Wildman–Crippen LogP) is 0.711. The highest BCUT2D eigenvalue weighted by Gasteiger charge is 2.09. The number of nitrogen functional groups attached to an aromatic ring is 1. The van der Waals surface area contributed by atoms with Crippen molar-refractivity contribution in [2.45, 2.75) is 27.3 Å². The van der Waals surface area contributed by atoms with Gasteiger partial charge in [-0.3, -0.25) is 4.68 Å². The van der Waals surface area contributed by atoms with Gasteiger partial charge in [0.1, 0.15) is 0 Å². The fraction of sp³-hybridized carbons (Fsp3) is 0.667. The van der Waals surface area contributed by atoms with E-state index >= 15 is 0 Å². The van der Waals surface area contributed by atoms with Crippen LogP contribution in [0.3, 0.4) is 0 Å². The smallest absolute Gasteiger partial charge is 0.0825 e. The van der Waals surface area contributed by atoms with Crippen LogP contribution in [0.25, 0.3) is 0 Å². The number of nitrogens with two attached hydrogens (primary N) is 1. The molecule has 0 aliphatic heterocycles. The van der Waals surface area contributed by atoms with Gasteiger partial charge in [-0.25, -0.2) is 0 Å². The molecule has 1 rings (SSSR count). The van der Waals surface area contributed by atoms with E-state index in [2.05, 4.69) is 5.10 Å². The van der Waals surface area contributed by atoms with Crippen molar-refractivity contribution in [3.8, 4) is 0 Å². The lowest BCUT2D eigenvalue weighted by Gasteiger charge is -2.09. The second-order valence-electron chi connectivity index (χ2n) is 3.55. The van der Waals surface area contributed by atoms with Gasteiger partial charge < -0.3 is 10.8 Å². The number of hydrogen-bond donors (Lipinski definition) is 2. The van der Waals surface area contributed by atoms with Crippen molar-refractivity contribution >= 4 is 5.69 Å². The van der Waals surface area contributed by atoms with Gasteiger partial charge in [-0.2, -0.15) is 5.10 Å². The van der Waals surface area contributed by atoms with Crippen molar-refractivity contribution in [2.24, 2.45) is 5.92 Å². The minimum Gasteiger partial charge on any atom is -0.396 e. The van der Waals surface area contributed by atoms with Gasteiger partial charge >= 0.3 is 0 Å². The normalized spacial score (nSPS) is 13.2. The summed E-state index contributed by atoms with van der Waals surface area (Å²) in [5, 5.41) is 13.2. The molecule has 0 fully saturated rings. The number of aliphatic hydroxyl groups is 1. The van der Waals surface area contributed by atoms with Gasteiger partial charge in [0, 0.05) is 13.2 Å². The van der Waals surface area contributed by atoms with Gasteiger partial charge in [-0.1, -0.05) is 6.92 Å². The zero-order valence-electron chi connectivity index (χ0n) is 8.41. The molecule has 0 aliphatic rings. The summed E-state index contributed by atoms with van der Waals surface area (Å²) < 4.78 is 1.85. The van der Waals surface area contributed by atoms with Crippen molar-refractivity contribution < 1.29 is 5.11 Å². The molecule has 0 saturated carbocycles. The maximum absolute atomic E-state index is 8.89. The first-order valence-electron chi connectivity index (χ1n) is 4.46. The van der Waals surface area contributed by atoms with Crippen molar-refractivity contribution in [1.29, 1.82) is 0 Å². The summed E-state index contributed by atoms with van der Waals surface area (Å²) in [6.45, 7) is 6.72. The van der Waals surface area contributed by atoms with Crippen LogP contribution in [0.2, 0.25) is 0 Å². The van der Waals surface area contributed by atoms with Crippen LogP contribution in [0.15, 0.2) is 0 Å². The van der Waals surface area contributed by atoms with E-state index in [-0.39, 0.29) is 12.5 Å². The van der Waals surface area contributed by atoms with Crippen molar-refractivity contribution in [3.63, 3.8) is 0 Å². The van der Waals surface area contributed by atoms with E-state index in [9.17, 15) is 0 Å². The minimum absolute atomic E-state index is 0.179. The maximum atomic E-state index is 8.89. The Morgan fingerprint density at radius 1 is 1.54 bits per heavy atom. The first-order valence-corrected chi connectivity index (χ1v) is 4.46. The molecule has 1 aromatic rings. The average Bonchev–Trinajstić information content (AvgIpc) is 2.34. The zero-order chi connectivity index (χ0) is 10.0. The highest BCUT2D eigenvalue weighted by Crippen LogP contribution is 2.15. The van der Waals surface area contributed by atoms with E-state index in [1.54, 1.807) is 0 Å². The average molecular weight is 183 g/mol. The molecule has 0 aliphatic carbocycles. The van der Waals surface area contributed by atoms with Crippen molar-refractivity contribution in [3.05, 3.63) is 11.4 Å². The summed E-state index contributed by atoms with van der Waals surface area (Å²) in [6, 6.07) is 0. The molecule has 1 unspecified atom stereocenters. The molecule has 0 bridgehead atoms. The lowest BCUT2D eigenvalue weighted by molar-refractivity contribution is 0.218. The Morgan fingerprint density at radius 2 is 2.15 bits per heavy atom. The fourth-order valence-electron chi connectivity index (χ4n) is 1.24. The molecule has 0 amide bonds. The molecule has 4 nitrogen and oxygen atoms in total. The van der Waals surface area contributed by atoms with Crippen LogP contribution in [0.4, 0.5) is 5.69 Å². The van der Waals surface area contributed by atoms with Gasteiger partial charge in [-0.15, -0.1) is 0 Å². The lowest BCUT2D eigenvalue weighted by atomic mass is 10.2. The quantitative estimate of drug-likeness (QED) is 0.725. The molecular weight excluding hydrogens is 166 g/mol. The molecule has 1 heterocycles. The third-order valence-corrected chi connectivity index (χ3v) is 2.23. The molecular formula is C9H17N3O. The third kappa shape index (κ3) is 2.01. The first-order chi connectivity index (χ1) is 6.06. The second kappa shape index (κ2) is 3.79. The highest BCUT2D eigenvalue weighted by atomic mass is 16.3. The summed E-state index contributed by atoms with van der Waals surface area (Å²) in [5.74, 6) is 0.220. The number of nitrogens with zero attached hydrogens (tertiary/aromatic N) is 2. The van der Waals surface area contributed by atoms with Crippen molar-refractivity contribution in [2.75, 3.05) is 12.3 Å². The summed E-state index contributed by atoms with van der Waals surface area (Å²) in [6.07, 6.45) is 0. The van der Waals surface area contributed by atoms with Gasteiger partial charge in [0.2, 0.25) is 0 Å². The van der Waals surface area contributed by atoms with Crippen LogP contribution in [-0.2, 0) is 6.54 Å². The Kier molecular flexibility index (Phi) is 2.93. The maximum Gasteiger partial charge on any atom is 0.0825 e. The SMILES string of the molecule is Cc1nn(CC(C)CO)c(C)c1N. The number of aryl methyl sites for hydroxylation is 1. The fourth-order valence-corrected chi connectivity index (χ4v) is 1.24. The van der Waals surface area contributed by atoms with Crippen LogP contribution < -0.4 is 5.73 Å². The number of rotatable bonds is 3. The summed E-state index contributed by atoms with van der Waals surface area (Å²) in [4.78, 5) is 0. The molecule has 3 N–H and O–H groups in total. The van der Waals surface area contributed by atoms with Crippen molar-refractivity contribution in [1.82, 2.24) is 9.78 Å². The summed E-state index contributed by atoms with van der Waals surface area (Å²) in [5.41, 5.74) is 8.38. The largest absolute Gasteiger partial charge is 0.396 e. The van der Waals surface area contributed by atoms with Gasteiger partial charge in [-0.05, 0) is 19.8 Å². The van der Waals surface area contributed by atoms with Gasteiger partial charge in [0.25, 0.3) is 0 Å². The highest BCUT2D eigenvalue weighted by molar-refractivity contribution is 5.46. The molecule has 0 aromatic carbocycles. The van der Waals surface area contributed by atoms with E-state index in [0.717, 1.165) is 23.6 Å². The number of aliphatic hydroxyl groups excluding tert-OH is 1. The lowest BCUT2D eigenvalue weighted by Crippen LogP contribution is -2.13. The number of anilines is 1. The Balaban J connectivity index is 2.83. The Bertz CT molecular complexity index is 293. The molecule has 13 heavy (non-hydrogen) atoms. The molecule has 74 valence electrons. The Labute approximate surface area is 78.4 Å². The third-order valence-electron chi connectivity index (χ3n) is 2.23. The monoisotopic (exact) mass is 183 g/mol. The van der Waals surface area contributed by atoms with E-state index in [0.29, 0.717) is 0 Å². The zero-order valence-corrected chi connectivity index (χ0v) is 8.41. The molecule has 0 spiro atoms. The van der Waals surface area contributed by atoms with Crippen LogP contribution in [-0.4, -0.2) is 21.5 Å². The molecule has 0 saturated heterocycles. The molecule has 1 atom stereocenters. The Morgan fingerprint density at radius 3 is 2.54 bits per heavy atom. The van der Waals surface area contributed by atoms with E-state index in [1.807, 2.05) is 25.5 Å². The first kappa shape index (κ1) is 10.1. The van der Waals surface area contributed by atoms with Gasteiger partial charge in [0.15, 0.2) is 0 Å².